The van der Waals surface area contributed by atoms with E-state index in [1.807, 2.05) is 30.3 Å². The molecule has 2 radical (unpaired) electrons. The SMILES string of the molecule is [B]c1cc(Br)cc(C(=O)Nc2ccc3c(c2)CC2(C3)C(=O)Nc3ncccc32)c1. The van der Waals surface area contributed by atoms with Crippen LogP contribution in [0.1, 0.15) is 27.0 Å². The first-order valence-corrected chi connectivity index (χ1v) is 10.0. The van der Waals surface area contributed by atoms with Crippen LogP contribution in [0, 0.1) is 0 Å². The molecule has 5 nitrogen and oxygen atoms in total. The summed E-state index contributed by atoms with van der Waals surface area (Å²) in [6.07, 6.45) is 2.90. The fourth-order valence-corrected chi connectivity index (χ4v) is 4.80. The summed E-state index contributed by atoms with van der Waals surface area (Å²) in [5.41, 5.74) is 4.17. The van der Waals surface area contributed by atoms with E-state index in [2.05, 4.69) is 31.5 Å². The number of halogens is 1. The molecular formula is C22H15BBrN3O2. The van der Waals surface area contributed by atoms with Crippen molar-refractivity contribution in [3.63, 3.8) is 0 Å². The number of benzene rings is 2. The third kappa shape index (κ3) is 2.97. The molecule has 0 saturated heterocycles. The molecule has 0 fully saturated rings. The van der Waals surface area contributed by atoms with Crippen molar-refractivity contribution in [2.24, 2.45) is 0 Å². The number of fused-ring (bicyclic) bond motifs is 3. The summed E-state index contributed by atoms with van der Waals surface area (Å²) in [6.45, 7) is 0. The fourth-order valence-electron chi connectivity index (χ4n) is 4.29. The van der Waals surface area contributed by atoms with Gasteiger partial charge in [0, 0.05) is 27.5 Å². The molecule has 3 aromatic rings. The summed E-state index contributed by atoms with van der Waals surface area (Å²) in [6, 6.07) is 14.7. The molecule has 2 aliphatic rings. The molecule has 2 amide bonds. The molecular weight excluding hydrogens is 429 g/mol. The summed E-state index contributed by atoms with van der Waals surface area (Å²) >= 11 is 3.36. The summed E-state index contributed by atoms with van der Waals surface area (Å²) in [5.74, 6) is 0.391. The van der Waals surface area contributed by atoms with Gasteiger partial charge in [-0.2, -0.15) is 0 Å². The predicted octanol–water partition coefficient (Wildman–Crippen LogP) is 2.88. The molecule has 1 atom stereocenters. The average molecular weight is 444 g/mol. The number of rotatable bonds is 2. The molecule has 7 heteroatoms. The Kier molecular flexibility index (Phi) is 4.10. The smallest absolute Gasteiger partial charge is 0.255 e. The van der Waals surface area contributed by atoms with Crippen molar-refractivity contribution in [3.05, 3.63) is 81.5 Å². The van der Waals surface area contributed by atoms with Gasteiger partial charge in [0.05, 0.1) is 5.41 Å². The van der Waals surface area contributed by atoms with E-state index in [0.717, 1.165) is 21.2 Å². The second-order valence-corrected chi connectivity index (χ2v) is 8.42. The molecule has 29 heavy (non-hydrogen) atoms. The van der Waals surface area contributed by atoms with Gasteiger partial charge in [-0.25, -0.2) is 4.98 Å². The highest BCUT2D eigenvalue weighted by Gasteiger charge is 2.51. The number of carbonyl (C=O) groups is 2. The number of anilines is 2. The molecule has 2 N–H and O–H groups in total. The lowest BCUT2D eigenvalue weighted by atomic mass is 9.79. The number of amides is 2. The van der Waals surface area contributed by atoms with Crippen molar-refractivity contribution < 1.29 is 9.59 Å². The lowest BCUT2D eigenvalue weighted by Gasteiger charge is -2.20. The number of aromatic nitrogens is 1. The van der Waals surface area contributed by atoms with Crippen LogP contribution in [-0.4, -0.2) is 24.6 Å². The highest BCUT2D eigenvalue weighted by molar-refractivity contribution is 9.10. The maximum absolute atomic E-state index is 12.8. The van der Waals surface area contributed by atoms with Crippen LogP contribution >= 0.6 is 15.9 Å². The second kappa shape index (κ2) is 6.56. The van der Waals surface area contributed by atoms with Crippen molar-refractivity contribution >= 4 is 52.6 Å². The molecule has 5 rings (SSSR count). The zero-order chi connectivity index (χ0) is 20.2. The highest BCUT2D eigenvalue weighted by Crippen LogP contribution is 2.46. The van der Waals surface area contributed by atoms with Crippen LogP contribution in [0.5, 0.6) is 0 Å². The molecule has 2 aromatic carbocycles. The monoisotopic (exact) mass is 443 g/mol. The first-order valence-electron chi connectivity index (χ1n) is 9.21. The van der Waals surface area contributed by atoms with Gasteiger partial charge < -0.3 is 10.6 Å². The standard InChI is InChI=1S/C22H15BBrN3O2/c23-15-6-13(7-16(24)9-15)20(28)26-17-4-3-12-10-22(11-14(12)8-17)18-2-1-5-25-19(18)27-21(22)29/h1-9H,10-11H2,(H,26,28)(H,25,27,29). The average Bonchev–Trinajstić information content (AvgIpc) is 3.19. The highest BCUT2D eigenvalue weighted by atomic mass is 79.9. The second-order valence-electron chi connectivity index (χ2n) is 7.50. The molecule has 0 bridgehead atoms. The zero-order valence-corrected chi connectivity index (χ0v) is 16.9. The minimum Gasteiger partial charge on any atom is -0.322 e. The third-order valence-corrected chi connectivity index (χ3v) is 6.08. The molecule has 2 heterocycles. The van der Waals surface area contributed by atoms with Gasteiger partial charge in [-0.05, 0) is 48.2 Å². The van der Waals surface area contributed by atoms with E-state index < -0.39 is 5.41 Å². The van der Waals surface area contributed by atoms with Crippen LogP contribution in [0.15, 0.2) is 59.2 Å². The van der Waals surface area contributed by atoms with Crippen molar-refractivity contribution in [3.8, 4) is 0 Å². The number of nitrogens with one attached hydrogen (secondary N) is 2. The summed E-state index contributed by atoms with van der Waals surface area (Å²) in [4.78, 5) is 29.7. The molecule has 140 valence electrons. The van der Waals surface area contributed by atoms with Crippen LogP contribution in [0.4, 0.5) is 11.5 Å². The van der Waals surface area contributed by atoms with Gasteiger partial charge >= 0.3 is 0 Å². The van der Waals surface area contributed by atoms with Gasteiger partial charge in [-0.3, -0.25) is 9.59 Å². The lowest BCUT2D eigenvalue weighted by Crippen LogP contribution is -2.35. The van der Waals surface area contributed by atoms with Gasteiger partial charge in [0.15, 0.2) is 0 Å². The predicted molar refractivity (Wildman–Crippen MR) is 116 cm³/mol. The first kappa shape index (κ1) is 18.1. The number of hydrogen-bond donors (Lipinski definition) is 2. The third-order valence-electron chi connectivity index (χ3n) is 5.62. The first-order chi connectivity index (χ1) is 13.9. The van der Waals surface area contributed by atoms with Crippen LogP contribution in [0.3, 0.4) is 0 Å². The van der Waals surface area contributed by atoms with E-state index in [1.54, 1.807) is 24.4 Å². The number of nitrogens with zero attached hydrogens (tertiary/aromatic N) is 1. The Balaban J connectivity index is 1.43. The van der Waals surface area contributed by atoms with Crippen LogP contribution in [0.25, 0.3) is 0 Å². The number of pyridine rings is 1. The Bertz CT molecular complexity index is 1180. The summed E-state index contributed by atoms with van der Waals surface area (Å²) in [7, 11) is 5.83. The van der Waals surface area contributed by atoms with Crippen LogP contribution in [0.2, 0.25) is 0 Å². The maximum Gasteiger partial charge on any atom is 0.255 e. The van der Waals surface area contributed by atoms with Crippen molar-refractivity contribution in [1.82, 2.24) is 4.98 Å². The number of hydrogen-bond acceptors (Lipinski definition) is 3. The van der Waals surface area contributed by atoms with E-state index in [0.29, 0.717) is 35.4 Å². The lowest BCUT2D eigenvalue weighted by molar-refractivity contribution is -0.120. The van der Waals surface area contributed by atoms with E-state index in [-0.39, 0.29) is 11.8 Å². The molecule has 1 unspecified atom stereocenters. The summed E-state index contributed by atoms with van der Waals surface area (Å²) in [5, 5.41) is 5.83. The zero-order valence-electron chi connectivity index (χ0n) is 15.3. The van der Waals surface area contributed by atoms with E-state index in [1.165, 1.54) is 0 Å². The molecule has 1 aromatic heterocycles. The van der Waals surface area contributed by atoms with E-state index in [9.17, 15) is 9.59 Å². The van der Waals surface area contributed by atoms with Gasteiger partial charge in [0.25, 0.3) is 5.91 Å². The van der Waals surface area contributed by atoms with Crippen LogP contribution < -0.4 is 16.1 Å². The normalized spacial score (nSPS) is 19.0. The van der Waals surface area contributed by atoms with Gasteiger partial charge in [0.1, 0.15) is 13.7 Å². The van der Waals surface area contributed by atoms with Crippen molar-refractivity contribution in [2.45, 2.75) is 18.3 Å². The Labute approximate surface area is 177 Å². The molecule has 1 aliphatic carbocycles. The minimum absolute atomic E-state index is 0.0161. The summed E-state index contributed by atoms with van der Waals surface area (Å²) < 4.78 is 0.748. The largest absolute Gasteiger partial charge is 0.322 e. The molecule has 1 aliphatic heterocycles. The van der Waals surface area contributed by atoms with Crippen molar-refractivity contribution in [2.75, 3.05) is 10.6 Å². The van der Waals surface area contributed by atoms with E-state index >= 15 is 0 Å². The molecule has 0 saturated carbocycles. The Morgan fingerprint density at radius 1 is 1.14 bits per heavy atom. The van der Waals surface area contributed by atoms with Crippen molar-refractivity contribution in [1.29, 1.82) is 0 Å². The van der Waals surface area contributed by atoms with Gasteiger partial charge in [-0.1, -0.05) is 45.7 Å². The van der Waals surface area contributed by atoms with E-state index in [4.69, 9.17) is 7.85 Å². The Hall–Kier alpha value is -2.93. The van der Waals surface area contributed by atoms with Crippen LogP contribution in [-0.2, 0) is 23.1 Å². The quantitative estimate of drug-likeness (QED) is 0.598. The number of carbonyl (C=O) groups excluding carboxylic acids is 2. The van der Waals surface area contributed by atoms with Gasteiger partial charge in [0.2, 0.25) is 5.91 Å². The minimum atomic E-state index is -0.618. The Morgan fingerprint density at radius 3 is 2.79 bits per heavy atom. The van der Waals surface area contributed by atoms with Gasteiger partial charge in [-0.15, -0.1) is 0 Å². The Morgan fingerprint density at radius 2 is 1.97 bits per heavy atom. The topological polar surface area (TPSA) is 71.1 Å². The molecule has 1 spiro atoms. The maximum atomic E-state index is 12.8. The fraction of sp³-hybridized carbons (Fsp3) is 0.136.